The minimum Gasteiger partial charge on any atom is -0.481 e. The Hall–Kier alpha value is -2.18. The maximum absolute atomic E-state index is 11.7. The molecule has 0 saturated carbocycles. The summed E-state index contributed by atoms with van der Waals surface area (Å²) < 4.78 is 5.04. The number of rotatable bonds is 9. The second-order valence-corrected chi connectivity index (χ2v) is 7.38. The zero-order valence-electron chi connectivity index (χ0n) is 17.5. The molecule has 2 heterocycles. The van der Waals surface area contributed by atoms with Gasteiger partial charge in [0.2, 0.25) is 0 Å². The number of hydrogen-bond acceptors (Lipinski definition) is 5. The van der Waals surface area contributed by atoms with Crippen molar-refractivity contribution in [3.63, 3.8) is 0 Å². The highest BCUT2D eigenvalue weighted by molar-refractivity contribution is 6.29. The topological polar surface area (TPSA) is 89.4 Å². The smallest absolute Gasteiger partial charge is 0.313 e. The van der Waals surface area contributed by atoms with Crippen molar-refractivity contribution >= 4 is 35.1 Å². The number of ether oxygens (including phenoxy) is 1. The summed E-state index contributed by atoms with van der Waals surface area (Å²) in [5, 5.41) is 9.78. The largest absolute Gasteiger partial charge is 0.481 e. The molecule has 0 aromatic carbocycles. The number of carboxylic acid groups (broad SMARTS) is 1. The Kier molecular flexibility index (Phi) is 12.0. The Bertz CT molecular complexity index is 783. The number of aromatic nitrogens is 2. The standard InChI is InChI=1S/C12H16ClNO2.C10H12ClNO2/c1-3-5-10(12(15)16-4-2)9-6-7-11(13)14-8-9;1-2-3-8(10(13)14)7-4-5-9(11)12-6-7/h6-8,10H,3-5H2,1-2H3;4-6,8H,2-3H2,1H3,(H,13,14). The van der Waals surface area contributed by atoms with Gasteiger partial charge < -0.3 is 9.84 Å². The van der Waals surface area contributed by atoms with Gasteiger partial charge in [0.05, 0.1) is 18.4 Å². The van der Waals surface area contributed by atoms with Gasteiger partial charge in [0.1, 0.15) is 10.3 Å². The zero-order valence-corrected chi connectivity index (χ0v) is 19.0. The first-order valence-corrected chi connectivity index (χ1v) is 10.7. The number of hydrogen-bond donors (Lipinski definition) is 1. The lowest BCUT2D eigenvalue weighted by atomic mass is 9.96. The van der Waals surface area contributed by atoms with Crippen molar-refractivity contribution in [1.82, 2.24) is 9.97 Å². The van der Waals surface area contributed by atoms with Crippen molar-refractivity contribution in [1.29, 1.82) is 0 Å². The first kappa shape index (κ1) is 25.9. The molecule has 30 heavy (non-hydrogen) atoms. The molecule has 0 saturated heterocycles. The van der Waals surface area contributed by atoms with E-state index in [2.05, 4.69) is 9.97 Å². The van der Waals surface area contributed by atoms with Gasteiger partial charge >= 0.3 is 11.9 Å². The molecule has 0 aliphatic heterocycles. The lowest BCUT2D eigenvalue weighted by Crippen LogP contribution is -2.16. The van der Waals surface area contributed by atoms with Crippen LogP contribution in [0, 0.1) is 0 Å². The maximum Gasteiger partial charge on any atom is 0.313 e. The van der Waals surface area contributed by atoms with Gasteiger partial charge in [-0.05, 0) is 43.0 Å². The summed E-state index contributed by atoms with van der Waals surface area (Å²) in [4.78, 5) is 30.5. The molecule has 2 aromatic rings. The van der Waals surface area contributed by atoms with E-state index in [9.17, 15) is 9.59 Å². The van der Waals surface area contributed by atoms with E-state index in [0.29, 0.717) is 28.9 Å². The third-order valence-corrected chi connectivity index (χ3v) is 4.78. The van der Waals surface area contributed by atoms with Gasteiger partial charge in [0.15, 0.2) is 0 Å². The van der Waals surface area contributed by atoms with E-state index in [1.807, 2.05) is 19.9 Å². The molecule has 0 bridgehead atoms. The van der Waals surface area contributed by atoms with Crippen LogP contribution in [0.3, 0.4) is 0 Å². The van der Waals surface area contributed by atoms with Gasteiger partial charge in [-0.3, -0.25) is 9.59 Å². The zero-order chi connectivity index (χ0) is 22.5. The maximum atomic E-state index is 11.7. The molecule has 164 valence electrons. The SMILES string of the molecule is CCCC(C(=O)O)c1ccc(Cl)nc1.CCCC(C(=O)OCC)c1ccc(Cl)nc1. The number of carbonyl (C=O) groups is 2. The van der Waals surface area contributed by atoms with E-state index >= 15 is 0 Å². The summed E-state index contributed by atoms with van der Waals surface area (Å²) in [5.74, 6) is -1.69. The van der Waals surface area contributed by atoms with E-state index in [1.54, 1.807) is 31.3 Å². The number of carboxylic acids is 1. The fourth-order valence-electron chi connectivity index (χ4n) is 2.86. The van der Waals surface area contributed by atoms with Crippen LogP contribution in [0.25, 0.3) is 0 Å². The van der Waals surface area contributed by atoms with Crippen LogP contribution in [0.2, 0.25) is 10.3 Å². The average molecular weight is 455 g/mol. The predicted octanol–water partition coefficient (Wildman–Crippen LogP) is 5.89. The quantitative estimate of drug-likeness (QED) is 0.375. The highest BCUT2D eigenvalue weighted by atomic mass is 35.5. The van der Waals surface area contributed by atoms with Crippen LogP contribution >= 0.6 is 23.2 Å². The van der Waals surface area contributed by atoms with Gasteiger partial charge in [0, 0.05) is 12.4 Å². The van der Waals surface area contributed by atoms with Crippen molar-refractivity contribution in [2.45, 2.75) is 58.3 Å². The number of aliphatic carboxylic acids is 1. The number of nitrogens with zero attached hydrogens (tertiary/aromatic N) is 2. The fraction of sp³-hybridized carbons (Fsp3) is 0.455. The van der Waals surface area contributed by atoms with Crippen molar-refractivity contribution in [3.05, 3.63) is 58.1 Å². The number of pyridine rings is 2. The van der Waals surface area contributed by atoms with E-state index < -0.39 is 11.9 Å². The Morgan fingerprint density at radius 3 is 1.73 bits per heavy atom. The first-order chi connectivity index (χ1) is 14.3. The number of halogens is 2. The molecule has 0 spiro atoms. The molecule has 2 aromatic heterocycles. The number of esters is 1. The summed E-state index contributed by atoms with van der Waals surface area (Å²) in [7, 11) is 0. The third kappa shape index (κ3) is 8.67. The summed E-state index contributed by atoms with van der Waals surface area (Å²) >= 11 is 11.3. The highest BCUT2D eigenvalue weighted by Gasteiger charge is 2.21. The molecule has 0 aliphatic rings. The minimum atomic E-state index is -0.809. The summed E-state index contributed by atoms with van der Waals surface area (Å²) in [6, 6.07) is 6.84. The van der Waals surface area contributed by atoms with Crippen molar-refractivity contribution in [2.24, 2.45) is 0 Å². The van der Waals surface area contributed by atoms with Gasteiger partial charge in [-0.1, -0.05) is 62.0 Å². The van der Waals surface area contributed by atoms with E-state index in [4.69, 9.17) is 33.0 Å². The molecule has 2 atom stereocenters. The van der Waals surface area contributed by atoms with Crippen LogP contribution in [-0.4, -0.2) is 33.6 Å². The molecule has 1 N–H and O–H groups in total. The monoisotopic (exact) mass is 454 g/mol. The fourth-order valence-corrected chi connectivity index (χ4v) is 3.08. The van der Waals surface area contributed by atoms with Gasteiger partial charge in [-0.2, -0.15) is 0 Å². The molecular formula is C22H28Cl2N2O4. The minimum absolute atomic E-state index is 0.187. The lowest BCUT2D eigenvalue weighted by molar-refractivity contribution is -0.145. The summed E-state index contributed by atoms with van der Waals surface area (Å²) in [5.41, 5.74) is 1.58. The molecule has 6 nitrogen and oxygen atoms in total. The van der Waals surface area contributed by atoms with Crippen LogP contribution in [0.5, 0.6) is 0 Å². The van der Waals surface area contributed by atoms with E-state index in [1.165, 1.54) is 6.20 Å². The molecule has 0 fully saturated rings. The molecule has 2 unspecified atom stereocenters. The van der Waals surface area contributed by atoms with Crippen LogP contribution in [-0.2, 0) is 14.3 Å². The molecule has 2 rings (SSSR count). The van der Waals surface area contributed by atoms with Crippen molar-refractivity contribution < 1.29 is 19.4 Å². The van der Waals surface area contributed by atoms with Crippen LogP contribution < -0.4 is 0 Å². The third-order valence-electron chi connectivity index (χ3n) is 4.33. The Morgan fingerprint density at radius 2 is 1.37 bits per heavy atom. The Balaban J connectivity index is 0.000000303. The van der Waals surface area contributed by atoms with E-state index in [0.717, 1.165) is 24.8 Å². The molecule has 0 radical (unpaired) electrons. The Morgan fingerprint density at radius 1 is 0.900 bits per heavy atom. The number of carbonyl (C=O) groups excluding carboxylic acids is 1. The van der Waals surface area contributed by atoms with Crippen LogP contribution in [0.15, 0.2) is 36.7 Å². The van der Waals surface area contributed by atoms with Crippen molar-refractivity contribution in [2.75, 3.05) is 6.61 Å². The van der Waals surface area contributed by atoms with Crippen LogP contribution in [0.1, 0.15) is 69.4 Å². The lowest BCUT2D eigenvalue weighted by Gasteiger charge is -2.14. The molecule has 8 heteroatoms. The van der Waals surface area contributed by atoms with E-state index in [-0.39, 0.29) is 11.9 Å². The molecule has 0 aliphatic carbocycles. The highest BCUT2D eigenvalue weighted by Crippen LogP contribution is 2.23. The van der Waals surface area contributed by atoms with Crippen LogP contribution in [0.4, 0.5) is 0 Å². The van der Waals surface area contributed by atoms with Crippen molar-refractivity contribution in [3.8, 4) is 0 Å². The molecule has 0 amide bonds. The van der Waals surface area contributed by atoms with Gasteiger partial charge in [0.25, 0.3) is 0 Å². The Labute approximate surface area is 187 Å². The second kappa shape index (κ2) is 13.9. The first-order valence-electron chi connectivity index (χ1n) is 9.96. The van der Waals surface area contributed by atoms with Gasteiger partial charge in [-0.15, -0.1) is 0 Å². The van der Waals surface area contributed by atoms with Gasteiger partial charge in [-0.25, -0.2) is 9.97 Å². The average Bonchev–Trinajstić information content (AvgIpc) is 2.72. The predicted molar refractivity (Wildman–Crippen MR) is 118 cm³/mol. The normalized spacial score (nSPS) is 12.3. The summed E-state index contributed by atoms with van der Waals surface area (Å²) in [6.45, 7) is 6.20. The second-order valence-electron chi connectivity index (χ2n) is 6.60. The summed E-state index contributed by atoms with van der Waals surface area (Å²) in [6.07, 6.45) is 6.31. The molecular weight excluding hydrogens is 427 g/mol.